The van der Waals surface area contributed by atoms with Crippen molar-refractivity contribution < 1.29 is 4.79 Å². The number of hydrogen-bond donors (Lipinski definition) is 1. The summed E-state index contributed by atoms with van der Waals surface area (Å²) in [6.45, 7) is 4.26. The number of hydrogen-bond acceptors (Lipinski definition) is 3. The molecule has 6 heteroatoms. The first kappa shape index (κ1) is 19.6. The number of aryl methyl sites for hydroxylation is 3. The van der Waals surface area contributed by atoms with Crippen LogP contribution in [0.2, 0.25) is 0 Å². The maximum absolute atomic E-state index is 13.0. The van der Waals surface area contributed by atoms with Crippen molar-refractivity contribution in [3.05, 3.63) is 87.6 Å². The van der Waals surface area contributed by atoms with Crippen molar-refractivity contribution in [3.8, 4) is 0 Å². The SMILES string of the molecule is Cc1ccn(C(C)c2ccccc2)c(=O)c1C(=O)NCCCc1cnn(C)c1. The summed E-state index contributed by atoms with van der Waals surface area (Å²) in [5.74, 6) is -0.316. The molecule has 2 aromatic heterocycles. The predicted octanol–water partition coefficient (Wildman–Crippen LogP) is 2.86. The minimum absolute atomic E-state index is 0.147. The Kier molecular flexibility index (Phi) is 6.09. The van der Waals surface area contributed by atoms with Gasteiger partial charge in [-0.15, -0.1) is 0 Å². The number of benzene rings is 1. The predicted molar refractivity (Wildman–Crippen MR) is 110 cm³/mol. The van der Waals surface area contributed by atoms with E-state index < -0.39 is 0 Å². The molecule has 2 heterocycles. The van der Waals surface area contributed by atoms with Crippen LogP contribution in [-0.2, 0) is 13.5 Å². The molecule has 0 saturated heterocycles. The molecule has 146 valence electrons. The van der Waals surface area contributed by atoms with Crippen LogP contribution in [0.3, 0.4) is 0 Å². The quantitative estimate of drug-likeness (QED) is 0.643. The van der Waals surface area contributed by atoms with E-state index in [0.29, 0.717) is 12.1 Å². The molecule has 0 radical (unpaired) electrons. The first-order valence-corrected chi connectivity index (χ1v) is 9.50. The molecule has 1 atom stereocenters. The number of carbonyl (C=O) groups is 1. The van der Waals surface area contributed by atoms with Crippen LogP contribution in [0.5, 0.6) is 0 Å². The van der Waals surface area contributed by atoms with E-state index in [-0.39, 0.29) is 23.1 Å². The molecule has 1 N–H and O–H groups in total. The van der Waals surface area contributed by atoms with Gasteiger partial charge in [0.2, 0.25) is 0 Å². The number of rotatable bonds is 7. The van der Waals surface area contributed by atoms with Crippen LogP contribution in [0.4, 0.5) is 0 Å². The highest BCUT2D eigenvalue weighted by atomic mass is 16.2. The highest BCUT2D eigenvalue weighted by Gasteiger charge is 2.18. The number of amides is 1. The fourth-order valence-electron chi connectivity index (χ4n) is 3.30. The molecule has 0 aliphatic heterocycles. The Morgan fingerprint density at radius 2 is 1.96 bits per heavy atom. The highest BCUT2D eigenvalue weighted by molar-refractivity contribution is 5.95. The Balaban J connectivity index is 1.70. The number of carbonyl (C=O) groups excluding carboxylic acids is 1. The van der Waals surface area contributed by atoms with Gasteiger partial charge < -0.3 is 9.88 Å². The number of nitrogens with zero attached hydrogens (tertiary/aromatic N) is 3. The minimum Gasteiger partial charge on any atom is -0.352 e. The summed E-state index contributed by atoms with van der Waals surface area (Å²) in [5.41, 5.74) is 2.79. The molecule has 0 spiro atoms. The van der Waals surface area contributed by atoms with Crippen LogP contribution < -0.4 is 10.9 Å². The molecule has 0 aliphatic carbocycles. The summed E-state index contributed by atoms with van der Waals surface area (Å²) in [6, 6.07) is 11.5. The molecule has 0 fully saturated rings. The maximum atomic E-state index is 13.0. The fraction of sp³-hybridized carbons (Fsp3) is 0.318. The lowest BCUT2D eigenvalue weighted by Gasteiger charge is -2.17. The van der Waals surface area contributed by atoms with Crippen molar-refractivity contribution in [1.29, 1.82) is 0 Å². The molecular weight excluding hydrogens is 352 g/mol. The third kappa shape index (κ3) is 4.39. The smallest absolute Gasteiger partial charge is 0.264 e. The molecule has 6 nitrogen and oxygen atoms in total. The van der Waals surface area contributed by atoms with E-state index in [0.717, 1.165) is 24.0 Å². The van der Waals surface area contributed by atoms with E-state index in [9.17, 15) is 9.59 Å². The van der Waals surface area contributed by atoms with Gasteiger partial charge in [0.25, 0.3) is 11.5 Å². The molecule has 28 heavy (non-hydrogen) atoms. The molecule has 0 bridgehead atoms. The topological polar surface area (TPSA) is 68.9 Å². The lowest BCUT2D eigenvalue weighted by atomic mass is 10.1. The Morgan fingerprint density at radius 1 is 1.21 bits per heavy atom. The van der Waals surface area contributed by atoms with E-state index >= 15 is 0 Å². The molecule has 1 unspecified atom stereocenters. The zero-order chi connectivity index (χ0) is 20.1. The third-order valence-electron chi connectivity index (χ3n) is 4.94. The van der Waals surface area contributed by atoms with E-state index in [2.05, 4.69) is 10.4 Å². The van der Waals surface area contributed by atoms with E-state index in [1.807, 2.05) is 62.8 Å². The molecule has 0 aliphatic rings. The zero-order valence-electron chi connectivity index (χ0n) is 16.6. The van der Waals surface area contributed by atoms with Gasteiger partial charge in [0, 0.05) is 26.0 Å². The van der Waals surface area contributed by atoms with E-state index in [4.69, 9.17) is 0 Å². The van der Waals surface area contributed by atoms with Crippen molar-refractivity contribution in [2.75, 3.05) is 6.54 Å². The monoisotopic (exact) mass is 378 g/mol. The zero-order valence-corrected chi connectivity index (χ0v) is 16.6. The van der Waals surface area contributed by atoms with Crippen molar-refractivity contribution >= 4 is 5.91 Å². The van der Waals surface area contributed by atoms with Crippen LogP contribution in [0.25, 0.3) is 0 Å². The summed E-state index contributed by atoms with van der Waals surface area (Å²) in [7, 11) is 1.88. The van der Waals surface area contributed by atoms with Crippen LogP contribution in [-0.4, -0.2) is 26.8 Å². The average molecular weight is 378 g/mol. The first-order chi connectivity index (χ1) is 13.5. The molecule has 1 aromatic carbocycles. The molecule has 1 amide bonds. The Morgan fingerprint density at radius 3 is 2.64 bits per heavy atom. The van der Waals surface area contributed by atoms with Crippen molar-refractivity contribution in [2.24, 2.45) is 7.05 Å². The second kappa shape index (κ2) is 8.69. The second-order valence-electron chi connectivity index (χ2n) is 7.05. The average Bonchev–Trinajstić information content (AvgIpc) is 3.11. The molecule has 3 aromatic rings. The van der Waals surface area contributed by atoms with Gasteiger partial charge in [0.1, 0.15) is 5.56 Å². The Hall–Kier alpha value is -3.15. The van der Waals surface area contributed by atoms with Gasteiger partial charge in [0.05, 0.1) is 12.2 Å². The molecular formula is C22H26N4O2. The van der Waals surface area contributed by atoms with Gasteiger partial charge in [-0.1, -0.05) is 30.3 Å². The Labute approximate surface area is 164 Å². The third-order valence-corrected chi connectivity index (χ3v) is 4.94. The van der Waals surface area contributed by atoms with Gasteiger partial charge in [-0.05, 0) is 49.4 Å². The largest absolute Gasteiger partial charge is 0.352 e. The summed E-state index contributed by atoms with van der Waals surface area (Å²) in [5, 5.41) is 7.02. The van der Waals surface area contributed by atoms with Gasteiger partial charge >= 0.3 is 0 Å². The van der Waals surface area contributed by atoms with Crippen LogP contribution in [0.1, 0.15) is 46.4 Å². The summed E-state index contributed by atoms with van der Waals surface area (Å²) >= 11 is 0. The number of nitrogens with one attached hydrogen (secondary N) is 1. The standard InChI is InChI=1S/C22H26N4O2/c1-16-11-13-26(17(2)19-9-5-4-6-10-19)22(28)20(16)21(27)23-12-7-8-18-14-24-25(3)15-18/h4-6,9-11,13-15,17H,7-8,12H2,1-3H3,(H,23,27). The second-order valence-corrected chi connectivity index (χ2v) is 7.05. The number of pyridine rings is 1. The van der Waals surface area contributed by atoms with Crippen LogP contribution >= 0.6 is 0 Å². The van der Waals surface area contributed by atoms with Gasteiger partial charge in [-0.2, -0.15) is 5.10 Å². The van der Waals surface area contributed by atoms with Gasteiger partial charge in [-0.3, -0.25) is 14.3 Å². The van der Waals surface area contributed by atoms with E-state index in [1.54, 1.807) is 22.4 Å². The van der Waals surface area contributed by atoms with Gasteiger partial charge in [0.15, 0.2) is 0 Å². The normalized spacial score (nSPS) is 12.0. The Bertz CT molecular complexity index is 1000. The van der Waals surface area contributed by atoms with Crippen molar-refractivity contribution in [1.82, 2.24) is 19.7 Å². The van der Waals surface area contributed by atoms with Crippen LogP contribution in [0, 0.1) is 6.92 Å². The fourth-order valence-corrected chi connectivity index (χ4v) is 3.30. The summed E-state index contributed by atoms with van der Waals surface area (Å²) in [6.07, 6.45) is 7.17. The first-order valence-electron chi connectivity index (χ1n) is 9.50. The summed E-state index contributed by atoms with van der Waals surface area (Å²) < 4.78 is 3.38. The maximum Gasteiger partial charge on any atom is 0.264 e. The van der Waals surface area contributed by atoms with Gasteiger partial charge in [-0.25, -0.2) is 0 Å². The van der Waals surface area contributed by atoms with Crippen molar-refractivity contribution in [2.45, 2.75) is 32.7 Å². The minimum atomic E-state index is -0.316. The van der Waals surface area contributed by atoms with Crippen molar-refractivity contribution in [3.63, 3.8) is 0 Å². The highest BCUT2D eigenvalue weighted by Crippen LogP contribution is 2.16. The van der Waals surface area contributed by atoms with Crippen LogP contribution in [0.15, 0.2) is 59.8 Å². The van der Waals surface area contributed by atoms with E-state index in [1.165, 1.54) is 0 Å². The summed E-state index contributed by atoms with van der Waals surface area (Å²) in [4.78, 5) is 25.7. The number of aromatic nitrogens is 3. The molecule has 0 saturated carbocycles. The lowest BCUT2D eigenvalue weighted by Crippen LogP contribution is -2.35. The lowest BCUT2D eigenvalue weighted by molar-refractivity contribution is 0.0950. The molecule has 3 rings (SSSR count).